The van der Waals surface area contributed by atoms with Crippen molar-refractivity contribution in [3.8, 4) is 0 Å². The van der Waals surface area contributed by atoms with Crippen LogP contribution in [0.2, 0.25) is 0 Å². The second-order valence-electron chi connectivity index (χ2n) is 8.64. The number of hydrogen-bond donors (Lipinski definition) is 1. The van der Waals surface area contributed by atoms with Gasteiger partial charge in [0.1, 0.15) is 5.41 Å². The summed E-state index contributed by atoms with van der Waals surface area (Å²) in [6.07, 6.45) is 1.22. The molecule has 148 valence electrons. The number of benzene rings is 2. The van der Waals surface area contributed by atoms with Crippen molar-refractivity contribution in [2.45, 2.75) is 52.5 Å². The van der Waals surface area contributed by atoms with Crippen molar-refractivity contribution in [2.24, 2.45) is 5.41 Å². The Bertz CT molecular complexity index is 848. The fourth-order valence-electron chi connectivity index (χ4n) is 3.58. The molecular formula is C24H30N2O2. The van der Waals surface area contributed by atoms with Crippen LogP contribution in [-0.2, 0) is 21.5 Å². The van der Waals surface area contributed by atoms with Crippen LogP contribution < -0.4 is 5.32 Å². The van der Waals surface area contributed by atoms with Gasteiger partial charge in [0.15, 0.2) is 0 Å². The SMILES string of the molecule is CCN(Cc1ccccc1)C(=O)C1(C(=O)Nc2ccccc2C(C)(C)C)CC1. The minimum atomic E-state index is -0.921. The van der Waals surface area contributed by atoms with E-state index in [1.807, 2.05) is 61.5 Å². The summed E-state index contributed by atoms with van der Waals surface area (Å²) >= 11 is 0. The number of carbonyl (C=O) groups is 2. The number of para-hydroxylation sites is 1. The van der Waals surface area contributed by atoms with Crippen molar-refractivity contribution in [1.82, 2.24) is 4.90 Å². The molecule has 4 heteroatoms. The summed E-state index contributed by atoms with van der Waals surface area (Å²) in [4.78, 5) is 28.2. The first-order valence-electron chi connectivity index (χ1n) is 10.0. The lowest BCUT2D eigenvalue weighted by Crippen LogP contribution is -2.42. The molecule has 0 heterocycles. The second-order valence-corrected chi connectivity index (χ2v) is 8.64. The van der Waals surface area contributed by atoms with Gasteiger partial charge >= 0.3 is 0 Å². The standard InChI is InChI=1S/C24H30N2O2/c1-5-26(17-18-11-7-6-8-12-18)22(28)24(15-16-24)21(27)25-20-14-10-9-13-19(20)23(2,3)4/h6-14H,5,15-17H2,1-4H3,(H,25,27). The maximum absolute atomic E-state index is 13.2. The van der Waals surface area contributed by atoms with E-state index in [4.69, 9.17) is 0 Å². The molecule has 1 fully saturated rings. The van der Waals surface area contributed by atoms with Crippen LogP contribution in [-0.4, -0.2) is 23.3 Å². The summed E-state index contributed by atoms with van der Waals surface area (Å²) in [5.41, 5.74) is 1.93. The Morgan fingerprint density at radius 1 is 1.00 bits per heavy atom. The molecule has 1 saturated carbocycles. The van der Waals surface area contributed by atoms with Crippen molar-refractivity contribution in [3.05, 3.63) is 65.7 Å². The normalized spacial score (nSPS) is 15.0. The minimum Gasteiger partial charge on any atom is -0.338 e. The van der Waals surface area contributed by atoms with Gasteiger partial charge in [-0.1, -0.05) is 69.3 Å². The van der Waals surface area contributed by atoms with E-state index in [1.54, 1.807) is 4.90 Å². The fourth-order valence-corrected chi connectivity index (χ4v) is 3.58. The molecule has 0 radical (unpaired) electrons. The molecule has 0 unspecified atom stereocenters. The van der Waals surface area contributed by atoms with Crippen molar-refractivity contribution in [3.63, 3.8) is 0 Å². The minimum absolute atomic E-state index is 0.0652. The molecule has 0 bridgehead atoms. The number of anilines is 1. The van der Waals surface area contributed by atoms with Gasteiger partial charge in [-0.2, -0.15) is 0 Å². The molecule has 0 atom stereocenters. The van der Waals surface area contributed by atoms with Crippen LogP contribution in [0.15, 0.2) is 54.6 Å². The summed E-state index contributed by atoms with van der Waals surface area (Å²) in [6, 6.07) is 17.8. The average molecular weight is 379 g/mol. The fraction of sp³-hybridized carbons (Fsp3) is 0.417. The summed E-state index contributed by atoms with van der Waals surface area (Å²) in [6.45, 7) is 9.44. The number of carbonyl (C=O) groups excluding carboxylic acids is 2. The Morgan fingerprint density at radius 2 is 1.61 bits per heavy atom. The summed E-state index contributed by atoms with van der Waals surface area (Å²) in [5.74, 6) is -0.245. The smallest absolute Gasteiger partial charge is 0.240 e. The molecule has 2 aromatic rings. The molecule has 4 nitrogen and oxygen atoms in total. The first-order chi connectivity index (χ1) is 13.3. The molecule has 0 saturated heterocycles. The van der Waals surface area contributed by atoms with E-state index < -0.39 is 5.41 Å². The van der Waals surface area contributed by atoms with Gasteiger partial charge in [-0.05, 0) is 42.4 Å². The van der Waals surface area contributed by atoms with Gasteiger partial charge in [0.2, 0.25) is 11.8 Å². The van der Waals surface area contributed by atoms with Crippen LogP contribution in [0.1, 0.15) is 51.7 Å². The highest BCUT2D eigenvalue weighted by molar-refractivity contribution is 6.13. The number of rotatable bonds is 6. The maximum Gasteiger partial charge on any atom is 0.240 e. The van der Waals surface area contributed by atoms with Gasteiger partial charge in [0.25, 0.3) is 0 Å². The second kappa shape index (κ2) is 7.78. The molecule has 1 aliphatic carbocycles. The lowest BCUT2D eigenvalue weighted by atomic mass is 9.85. The van der Waals surface area contributed by atoms with Crippen LogP contribution in [0.25, 0.3) is 0 Å². The Labute approximate surface area is 167 Å². The van der Waals surface area contributed by atoms with Crippen LogP contribution in [0, 0.1) is 5.41 Å². The molecule has 0 aliphatic heterocycles. The first kappa shape index (κ1) is 20.1. The number of nitrogens with one attached hydrogen (secondary N) is 1. The molecule has 28 heavy (non-hydrogen) atoms. The Kier molecular flexibility index (Phi) is 5.59. The van der Waals surface area contributed by atoms with Gasteiger partial charge in [-0.15, -0.1) is 0 Å². The summed E-state index contributed by atoms with van der Waals surface area (Å²) in [7, 11) is 0. The van der Waals surface area contributed by atoms with E-state index in [9.17, 15) is 9.59 Å². The molecule has 1 aliphatic rings. The van der Waals surface area contributed by atoms with Crippen LogP contribution in [0.3, 0.4) is 0 Å². The molecule has 2 aromatic carbocycles. The molecule has 0 spiro atoms. The van der Waals surface area contributed by atoms with E-state index in [2.05, 4.69) is 26.1 Å². The van der Waals surface area contributed by atoms with Gasteiger partial charge in [-0.25, -0.2) is 0 Å². The third kappa shape index (κ3) is 4.11. The van der Waals surface area contributed by atoms with Gasteiger partial charge in [-0.3, -0.25) is 9.59 Å². The van der Waals surface area contributed by atoms with Crippen LogP contribution >= 0.6 is 0 Å². The predicted molar refractivity (Wildman–Crippen MR) is 113 cm³/mol. The quantitative estimate of drug-likeness (QED) is 0.737. The van der Waals surface area contributed by atoms with Gasteiger partial charge in [0, 0.05) is 18.8 Å². The Hall–Kier alpha value is -2.62. The molecule has 3 rings (SSSR count). The van der Waals surface area contributed by atoms with E-state index in [0.717, 1.165) is 16.8 Å². The zero-order chi connectivity index (χ0) is 20.4. The van der Waals surface area contributed by atoms with Gasteiger partial charge < -0.3 is 10.2 Å². The number of amides is 2. The Balaban J connectivity index is 1.77. The molecular weight excluding hydrogens is 348 g/mol. The van der Waals surface area contributed by atoms with Crippen molar-refractivity contribution in [2.75, 3.05) is 11.9 Å². The predicted octanol–water partition coefficient (Wildman–Crippen LogP) is 4.75. The average Bonchev–Trinajstić information content (AvgIpc) is 3.48. The summed E-state index contributed by atoms with van der Waals surface area (Å²) in [5, 5.41) is 3.06. The number of nitrogens with zero attached hydrogens (tertiary/aromatic N) is 1. The third-order valence-electron chi connectivity index (χ3n) is 5.46. The van der Waals surface area contributed by atoms with E-state index in [-0.39, 0.29) is 17.2 Å². The largest absolute Gasteiger partial charge is 0.338 e. The van der Waals surface area contributed by atoms with E-state index in [0.29, 0.717) is 25.9 Å². The highest BCUT2D eigenvalue weighted by atomic mass is 16.2. The molecule has 0 aromatic heterocycles. The zero-order valence-corrected chi connectivity index (χ0v) is 17.3. The Morgan fingerprint density at radius 3 is 2.18 bits per heavy atom. The highest BCUT2D eigenvalue weighted by Gasteiger charge is 2.58. The molecule has 2 amide bonds. The maximum atomic E-state index is 13.2. The summed E-state index contributed by atoms with van der Waals surface area (Å²) < 4.78 is 0. The van der Waals surface area contributed by atoms with Crippen LogP contribution in [0.5, 0.6) is 0 Å². The third-order valence-corrected chi connectivity index (χ3v) is 5.46. The first-order valence-corrected chi connectivity index (χ1v) is 10.0. The van der Waals surface area contributed by atoms with Crippen molar-refractivity contribution in [1.29, 1.82) is 0 Å². The number of hydrogen-bond acceptors (Lipinski definition) is 2. The van der Waals surface area contributed by atoms with Crippen molar-refractivity contribution >= 4 is 17.5 Å². The van der Waals surface area contributed by atoms with E-state index >= 15 is 0 Å². The lowest BCUT2D eigenvalue weighted by molar-refractivity contribution is -0.142. The monoisotopic (exact) mass is 378 g/mol. The van der Waals surface area contributed by atoms with Crippen LogP contribution in [0.4, 0.5) is 5.69 Å². The van der Waals surface area contributed by atoms with E-state index in [1.165, 1.54) is 0 Å². The van der Waals surface area contributed by atoms with Crippen molar-refractivity contribution < 1.29 is 9.59 Å². The zero-order valence-electron chi connectivity index (χ0n) is 17.3. The van der Waals surface area contributed by atoms with Gasteiger partial charge in [0.05, 0.1) is 0 Å². The highest BCUT2D eigenvalue weighted by Crippen LogP contribution is 2.48. The topological polar surface area (TPSA) is 49.4 Å². The lowest BCUT2D eigenvalue weighted by Gasteiger charge is -2.27. The molecule has 1 N–H and O–H groups in total.